The van der Waals surface area contributed by atoms with Gasteiger partial charge in [-0.25, -0.2) is 0 Å². The Hall–Kier alpha value is -2.89. The minimum Gasteiger partial charge on any atom is -0.384 e. The second-order valence-electron chi connectivity index (χ2n) is 7.68. The molecule has 5 rings (SSSR count). The molecule has 2 aromatic carbocycles. The summed E-state index contributed by atoms with van der Waals surface area (Å²) in [5, 5.41) is 13.1. The lowest BCUT2D eigenvalue weighted by Crippen LogP contribution is -2.50. The van der Waals surface area contributed by atoms with Crippen molar-refractivity contribution < 1.29 is 9.59 Å². The SMILES string of the molecule is N#CC1=C(N)N(c2ccc(Br)cc2)C2=C(C(=O)CCC2)C12C(=O)Nc1ccc(Br)cc12. The second kappa shape index (κ2) is 7.08. The van der Waals surface area contributed by atoms with Crippen LogP contribution in [0.2, 0.25) is 0 Å². The van der Waals surface area contributed by atoms with Crippen LogP contribution in [0.1, 0.15) is 24.8 Å². The molecule has 8 heteroatoms. The van der Waals surface area contributed by atoms with Gasteiger partial charge in [-0.3, -0.25) is 14.5 Å². The Labute approximate surface area is 195 Å². The van der Waals surface area contributed by atoms with Crippen molar-refractivity contribution in [3.63, 3.8) is 0 Å². The highest BCUT2D eigenvalue weighted by atomic mass is 79.9. The maximum absolute atomic E-state index is 13.5. The van der Waals surface area contributed by atoms with Gasteiger partial charge in [0.25, 0.3) is 0 Å². The Morgan fingerprint density at radius 1 is 1.06 bits per heavy atom. The molecule has 6 nitrogen and oxygen atoms in total. The average Bonchev–Trinajstić information content (AvgIpc) is 3.02. The first-order valence-corrected chi connectivity index (χ1v) is 11.3. The van der Waals surface area contributed by atoms with E-state index in [-0.39, 0.29) is 17.2 Å². The van der Waals surface area contributed by atoms with Crippen LogP contribution in [0.4, 0.5) is 11.4 Å². The number of fused-ring (bicyclic) bond motifs is 3. The number of Topliss-reactive ketones (excluding diaryl/α,β-unsaturated/α-hetero) is 1. The lowest BCUT2D eigenvalue weighted by atomic mass is 9.64. The van der Waals surface area contributed by atoms with Crippen molar-refractivity contribution in [2.75, 3.05) is 10.2 Å². The van der Waals surface area contributed by atoms with Gasteiger partial charge in [0, 0.05) is 43.6 Å². The molecule has 154 valence electrons. The van der Waals surface area contributed by atoms with Crippen molar-refractivity contribution in [3.05, 3.63) is 79.6 Å². The molecule has 3 N–H and O–H groups in total. The van der Waals surface area contributed by atoms with E-state index in [0.717, 1.165) is 14.6 Å². The predicted octanol–water partition coefficient (Wildman–Crippen LogP) is 4.62. The van der Waals surface area contributed by atoms with Crippen LogP contribution >= 0.6 is 31.9 Å². The summed E-state index contributed by atoms with van der Waals surface area (Å²) in [6.45, 7) is 0. The van der Waals surface area contributed by atoms with Gasteiger partial charge in [0.15, 0.2) is 5.78 Å². The molecule has 0 bridgehead atoms. The van der Waals surface area contributed by atoms with Gasteiger partial charge in [-0.05, 0) is 55.3 Å². The topological polar surface area (TPSA) is 99.2 Å². The summed E-state index contributed by atoms with van der Waals surface area (Å²) < 4.78 is 1.65. The van der Waals surface area contributed by atoms with Gasteiger partial charge in [0.05, 0.1) is 5.57 Å². The van der Waals surface area contributed by atoms with E-state index in [4.69, 9.17) is 5.73 Å². The molecule has 1 unspecified atom stereocenters. The third kappa shape index (κ3) is 2.66. The number of carbonyl (C=O) groups excluding carboxylic acids is 2. The zero-order valence-electron chi connectivity index (χ0n) is 16.2. The van der Waals surface area contributed by atoms with Crippen molar-refractivity contribution in [1.82, 2.24) is 0 Å². The van der Waals surface area contributed by atoms with Crippen molar-refractivity contribution in [3.8, 4) is 6.07 Å². The van der Waals surface area contributed by atoms with Gasteiger partial charge in [-0.1, -0.05) is 31.9 Å². The maximum atomic E-state index is 13.5. The van der Waals surface area contributed by atoms with Crippen molar-refractivity contribution in [2.45, 2.75) is 24.7 Å². The van der Waals surface area contributed by atoms with Crippen LogP contribution < -0.4 is 16.0 Å². The number of nitrogens with zero attached hydrogens (tertiary/aromatic N) is 2. The number of halogens is 2. The van der Waals surface area contributed by atoms with E-state index in [9.17, 15) is 14.9 Å². The fourth-order valence-corrected chi connectivity index (χ4v) is 5.47. The quantitative estimate of drug-likeness (QED) is 0.550. The third-order valence-electron chi connectivity index (χ3n) is 6.07. The van der Waals surface area contributed by atoms with Gasteiger partial charge in [-0.2, -0.15) is 5.26 Å². The second-order valence-corrected chi connectivity index (χ2v) is 9.51. The Morgan fingerprint density at radius 3 is 2.48 bits per heavy atom. The number of nitrogens with two attached hydrogens (primary N) is 1. The normalized spacial score (nSPS) is 22.4. The van der Waals surface area contributed by atoms with E-state index in [1.54, 1.807) is 17.0 Å². The highest BCUT2D eigenvalue weighted by Crippen LogP contribution is 2.55. The summed E-state index contributed by atoms with van der Waals surface area (Å²) in [7, 11) is 0. The van der Waals surface area contributed by atoms with Gasteiger partial charge < -0.3 is 11.1 Å². The Morgan fingerprint density at radius 2 is 1.77 bits per heavy atom. The molecule has 31 heavy (non-hydrogen) atoms. The molecule has 2 heterocycles. The van der Waals surface area contributed by atoms with Crippen LogP contribution in [0.15, 0.2) is 74.1 Å². The number of carbonyl (C=O) groups is 2. The molecule has 0 saturated carbocycles. The zero-order chi connectivity index (χ0) is 21.9. The van der Waals surface area contributed by atoms with Crippen LogP contribution in [-0.4, -0.2) is 11.7 Å². The monoisotopic (exact) mass is 538 g/mol. The van der Waals surface area contributed by atoms with E-state index in [1.807, 2.05) is 30.3 Å². The highest BCUT2D eigenvalue weighted by Gasteiger charge is 2.60. The number of hydrogen-bond donors (Lipinski definition) is 2. The zero-order valence-corrected chi connectivity index (χ0v) is 19.4. The highest BCUT2D eigenvalue weighted by molar-refractivity contribution is 9.10. The summed E-state index contributed by atoms with van der Waals surface area (Å²) in [5.74, 6) is -0.383. The van der Waals surface area contributed by atoms with E-state index in [0.29, 0.717) is 41.8 Å². The number of anilines is 2. The molecule has 2 aliphatic heterocycles. The molecule has 1 amide bonds. The molecule has 1 spiro atoms. The standard InChI is InChI=1S/C23H16Br2N4O2/c24-12-4-7-14(8-5-12)29-18-2-1-3-19(30)20(18)23(16(11-26)21(29)27)15-10-13(25)6-9-17(15)28-22(23)31/h4-10H,1-3,27H2,(H,28,31). The third-order valence-corrected chi connectivity index (χ3v) is 7.09. The van der Waals surface area contributed by atoms with Crippen LogP contribution in [0.3, 0.4) is 0 Å². The largest absolute Gasteiger partial charge is 0.384 e. The molecular weight excluding hydrogens is 524 g/mol. The first kappa shape index (κ1) is 20.0. The van der Waals surface area contributed by atoms with Crippen molar-refractivity contribution >= 4 is 54.9 Å². The number of rotatable bonds is 1. The summed E-state index contributed by atoms with van der Waals surface area (Å²) in [5.41, 5.74) is 8.04. The summed E-state index contributed by atoms with van der Waals surface area (Å²) >= 11 is 6.90. The number of ketones is 1. The predicted molar refractivity (Wildman–Crippen MR) is 124 cm³/mol. The average molecular weight is 540 g/mol. The minimum atomic E-state index is -1.54. The fraction of sp³-hybridized carbons (Fsp3) is 0.174. The molecule has 2 aromatic rings. The van der Waals surface area contributed by atoms with Gasteiger partial charge >= 0.3 is 0 Å². The number of allylic oxidation sites excluding steroid dienone is 1. The number of nitriles is 1. The Bertz CT molecular complexity index is 1270. The molecular formula is C23H16Br2N4O2. The smallest absolute Gasteiger partial charge is 0.245 e. The summed E-state index contributed by atoms with van der Waals surface area (Å²) in [6, 6.07) is 15.0. The van der Waals surface area contributed by atoms with Gasteiger partial charge in [-0.15, -0.1) is 0 Å². The lowest BCUT2D eigenvalue weighted by molar-refractivity contribution is -0.122. The van der Waals surface area contributed by atoms with Crippen molar-refractivity contribution in [1.29, 1.82) is 5.26 Å². The summed E-state index contributed by atoms with van der Waals surface area (Å²) in [6.07, 6.45) is 1.56. The molecule has 0 radical (unpaired) electrons. The van der Waals surface area contributed by atoms with Gasteiger partial charge in [0.2, 0.25) is 5.91 Å². The van der Waals surface area contributed by atoms with Crippen LogP contribution in [-0.2, 0) is 15.0 Å². The maximum Gasteiger partial charge on any atom is 0.245 e. The number of hydrogen-bond acceptors (Lipinski definition) is 5. The van der Waals surface area contributed by atoms with Gasteiger partial charge in [0.1, 0.15) is 17.3 Å². The first-order chi connectivity index (χ1) is 14.9. The molecule has 1 aliphatic carbocycles. The van der Waals surface area contributed by atoms with E-state index < -0.39 is 11.3 Å². The molecule has 1 atom stereocenters. The number of benzene rings is 2. The van der Waals surface area contributed by atoms with E-state index in [1.165, 1.54) is 0 Å². The minimum absolute atomic E-state index is 0.0683. The number of nitrogens with one attached hydrogen (secondary N) is 1. The Balaban J connectivity index is 1.88. The summed E-state index contributed by atoms with van der Waals surface area (Å²) in [4.78, 5) is 28.7. The van der Waals surface area contributed by atoms with E-state index in [2.05, 4.69) is 43.2 Å². The fourth-order valence-electron chi connectivity index (χ4n) is 4.85. The lowest BCUT2D eigenvalue weighted by Gasteiger charge is -2.43. The van der Waals surface area contributed by atoms with Crippen molar-refractivity contribution in [2.24, 2.45) is 5.73 Å². The van der Waals surface area contributed by atoms with Crippen LogP contribution in [0.25, 0.3) is 0 Å². The number of amides is 1. The Kier molecular flexibility index (Phi) is 4.57. The molecule has 0 saturated heterocycles. The van der Waals surface area contributed by atoms with E-state index >= 15 is 0 Å². The molecule has 0 fully saturated rings. The first-order valence-electron chi connectivity index (χ1n) is 9.74. The molecule has 0 aromatic heterocycles. The van der Waals surface area contributed by atoms with Crippen LogP contribution in [0, 0.1) is 11.3 Å². The molecule has 3 aliphatic rings. The van der Waals surface area contributed by atoms with Crippen LogP contribution in [0.5, 0.6) is 0 Å².